The van der Waals surface area contributed by atoms with Crippen LogP contribution in [0.15, 0.2) is 42.5 Å². The standard InChI is InChI=1S/C24H32N2O3/c1-18-7-9-19(10-8-18)21(26-13-5-4-6-14-26)16-25-17-22(27)20-11-12-23(28-2)24(15-20)29-3/h7-12,15,21,25H,4-6,13-14,16-17H2,1-3H3. The zero-order valence-electron chi connectivity index (χ0n) is 17.7. The van der Waals surface area contributed by atoms with E-state index < -0.39 is 0 Å². The molecule has 0 spiro atoms. The minimum atomic E-state index is 0.0484. The molecule has 5 nitrogen and oxygen atoms in total. The lowest BCUT2D eigenvalue weighted by molar-refractivity contribution is 0.0983. The van der Waals surface area contributed by atoms with Gasteiger partial charge in [-0.1, -0.05) is 36.2 Å². The summed E-state index contributed by atoms with van der Waals surface area (Å²) in [5.41, 5.74) is 3.20. The number of nitrogens with zero attached hydrogens (tertiary/aromatic N) is 1. The molecular weight excluding hydrogens is 364 g/mol. The molecule has 1 atom stereocenters. The Labute approximate surface area is 174 Å². The molecule has 1 unspecified atom stereocenters. The summed E-state index contributed by atoms with van der Waals surface area (Å²) in [7, 11) is 3.17. The maximum atomic E-state index is 12.7. The molecule has 0 radical (unpaired) electrons. The second-order valence-corrected chi connectivity index (χ2v) is 7.65. The second-order valence-electron chi connectivity index (χ2n) is 7.65. The number of carbonyl (C=O) groups is 1. The van der Waals surface area contributed by atoms with Crippen molar-refractivity contribution < 1.29 is 14.3 Å². The van der Waals surface area contributed by atoms with E-state index in [1.165, 1.54) is 30.4 Å². The number of carbonyl (C=O) groups excluding carboxylic acids is 1. The number of benzene rings is 2. The Balaban J connectivity index is 1.64. The summed E-state index contributed by atoms with van der Waals surface area (Å²) in [4.78, 5) is 15.2. The minimum Gasteiger partial charge on any atom is -0.493 e. The molecule has 3 rings (SSSR count). The van der Waals surface area contributed by atoms with Crippen LogP contribution >= 0.6 is 0 Å². The molecule has 0 amide bonds. The molecule has 5 heteroatoms. The van der Waals surface area contributed by atoms with Gasteiger partial charge in [-0.15, -0.1) is 0 Å². The number of nitrogens with one attached hydrogen (secondary N) is 1. The van der Waals surface area contributed by atoms with Crippen molar-refractivity contribution in [2.45, 2.75) is 32.2 Å². The first-order chi connectivity index (χ1) is 14.1. The van der Waals surface area contributed by atoms with Gasteiger partial charge in [0.1, 0.15) is 0 Å². The van der Waals surface area contributed by atoms with Crippen LogP contribution < -0.4 is 14.8 Å². The Morgan fingerprint density at radius 1 is 1.00 bits per heavy atom. The van der Waals surface area contributed by atoms with Gasteiger partial charge in [-0.2, -0.15) is 0 Å². The highest BCUT2D eigenvalue weighted by Gasteiger charge is 2.22. The van der Waals surface area contributed by atoms with Crippen molar-refractivity contribution in [1.29, 1.82) is 0 Å². The number of hydrogen-bond acceptors (Lipinski definition) is 5. The Kier molecular flexibility index (Phi) is 7.67. The van der Waals surface area contributed by atoms with Gasteiger partial charge in [-0.05, 0) is 56.6 Å². The van der Waals surface area contributed by atoms with Crippen LogP contribution in [0.1, 0.15) is 46.8 Å². The van der Waals surface area contributed by atoms with Crippen LogP contribution in [0.4, 0.5) is 0 Å². The van der Waals surface area contributed by atoms with Crippen LogP contribution in [-0.4, -0.2) is 51.1 Å². The largest absolute Gasteiger partial charge is 0.493 e. The fourth-order valence-corrected chi connectivity index (χ4v) is 3.91. The van der Waals surface area contributed by atoms with Gasteiger partial charge in [0.05, 0.1) is 20.8 Å². The molecule has 1 heterocycles. The molecule has 2 aromatic carbocycles. The van der Waals surface area contributed by atoms with E-state index in [0.29, 0.717) is 23.6 Å². The van der Waals surface area contributed by atoms with Crippen LogP contribution in [0.2, 0.25) is 0 Å². The van der Waals surface area contributed by atoms with Crippen LogP contribution in [0, 0.1) is 6.92 Å². The van der Waals surface area contributed by atoms with E-state index >= 15 is 0 Å². The normalized spacial score (nSPS) is 15.7. The maximum Gasteiger partial charge on any atom is 0.176 e. The monoisotopic (exact) mass is 396 g/mol. The molecule has 0 aliphatic carbocycles. The number of ether oxygens (including phenoxy) is 2. The highest BCUT2D eigenvalue weighted by molar-refractivity contribution is 5.98. The third-order valence-electron chi connectivity index (χ3n) is 5.62. The van der Waals surface area contributed by atoms with E-state index in [1.54, 1.807) is 32.4 Å². The van der Waals surface area contributed by atoms with Gasteiger partial charge in [0.2, 0.25) is 0 Å². The highest BCUT2D eigenvalue weighted by atomic mass is 16.5. The molecule has 2 aromatic rings. The number of aryl methyl sites for hydroxylation is 1. The summed E-state index contributed by atoms with van der Waals surface area (Å²) in [6, 6.07) is 14.4. The predicted octanol–water partition coefficient (Wildman–Crippen LogP) is 4.01. The number of rotatable bonds is 9. The summed E-state index contributed by atoms with van der Waals surface area (Å²) in [6.07, 6.45) is 3.79. The lowest BCUT2D eigenvalue weighted by Crippen LogP contribution is -2.40. The summed E-state index contributed by atoms with van der Waals surface area (Å²) in [5.74, 6) is 1.25. The molecule has 156 valence electrons. The molecule has 1 aliphatic rings. The second kappa shape index (κ2) is 10.4. The first-order valence-corrected chi connectivity index (χ1v) is 10.4. The Hall–Kier alpha value is -2.37. The van der Waals surface area contributed by atoms with Gasteiger partial charge in [0.25, 0.3) is 0 Å². The molecule has 0 saturated carbocycles. The van der Waals surface area contributed by atoms with E-state index in [0.717, 1.165) is 19.6 Å². The lowest BCUT2D eigenvalue weighted by Gasteiger charge is -2.35. The maximum absolute atomic E-state index is 12.7. The first kappa shape index (κ1) is 21.3. The highest BCUT2D eigenvalue weighted by Crippen LogP contribution is 2.28. The van der Waals surface area contributed by atoms with Crippen molar-refractivity contribution in [2.24, 2.45) is 0 Å². The molecule has 1 fully saturated rings. The number of hydrogen-bond donors (Lipinski definition) is 1. The molecule has 1 aliphatic heterocycles. The Bertz CT molecular complexity index is 798. The molecular formula is C24H32N2O3. The van der Waals surface area contributed by atoms with E-state index in [-0.39, 0.29) is 11.8 Å². The van der Waals surface area contributed by atoms with Crippen LogP contribution in [-0.2, 0) is 0 Å². The summed E-state index contributed by atoms with van der Waals surface area (Å²) < 4.78 is 10.6. The molecule has 1 N–H and O–H groups in total. The van der Waals surface area contributed by atoms with E-state index in [9.17, 15) is 4.79 Å². The average molecular weight is 397 g/mol. The van der Waals surface area contributed by atoms with Gasteiger partial charge >= 0.3 is 0 Å². The van der Waals surface area contributed by atoms with Crippen molar-refractivity contribution in [3.8, 4) is 11.5 Å². The van der Waals surface area contributed by atoms with Crippen molar-refractivity contribution in [2.75, 3.05) is 40.4 Å². The summed E-state index contributed by atoms with van der Waals surface area (Å²) in [6.45, 7) is 5.39. The zero-order chi connectivity index (χ0) is 20.6. The quantitative estimate of drug-likeness (QED) is 0.649. The Morgan fingerprint density at radius 2 is 1.69 bits per heavy atom. The van der Waals surface area contributed by atoms with Crippen LogP contribution in [0.5, 0.6) is 11.5 Å². The number of ketones is 1. The van der Waals surface area contributed by atoms with Crippen molar-refractivity contribution in [1.82, 2.24) is 10.2 Å². The Morgan fingerprint density at radius 3 is 2.34 bits per heavy atom. The first-order valence-electron chi connectivity index (χ1n) is 10.4. The molecule has 1 saturated heterocycles. The number of piperidine rings is 1. The van der Waals surface area contributed by atoms with Crippen molar-refractivity contribution >= 4 is 5.78 Å². The smallest absolute Gasteiger partial charge is 0.176 e. The SMILES string of the molecule is COc1ccc(C(=O)CNCC(c2ccc(C)cc2)N2CCCCC2)cc1OC. The lowest BCUT2D eigenvalue weighted by atomic mass is 10.0. The van der Waals surface area contributed by atoms with Gasteiger partial charge in [-0.3, -0.25) is 9.69 Å². The van der Waals surface area contributed by atoms with Gasteiger partial charge < -0.3 is 14.8 Å². The third kappa shape index (κ3) is 5.58. The van der Waals surface area contributed by atoms with Gasteiger partial charge in [0.15, 0.2) is 17.3 Å². The fourth-order valence-electron chi connectivity index (χ4n) is 3.91. The van der Waals surface area contributed by atoms with Crippen molar-refractivity contribution in [3.63, 3.8) is 0 Å². The molecule has 0 bridgehead atoms. The van der Waals surface area contributed by atoms with E-state index in [2.05, 4.69) is 41.4 Å². The van der Waals surface area contributed by atoms with Crippen LogP contribution in [0.3, 0.4) is 0 Å². The number of methoxy groups -OCH3 is 2. The van der Waals surface area contributed by atoms with Gasteiger partial charge in [-0.25, -0.2) is 0 Å². The summed E-state index contributed by atoms with van der Waals surface area (Å²) >= 11 is 0. The fraction of sp³-hybridized carbons (Fsp3) is 0.458. The molecule has 29 heavy (non-hydrogen) atoms. The molecule has 0 aromatic heterocycles. The number of likely N-dealkylation sites (tertiary alicyclic amines) is 1. The minimum absolute atomic E-state index is 0.0484. The summed E-state index contributed by atoms with van der Waals surface area (Å²) in [5, 5.41) is 3.40. The zero-order valence-corrected chi connectivity index (χ0v) is 17.7. The van der Waals surface area contributed by atoms with E-state index in [1.807, 2.05) is 0 Å². The average Bonchev–Trinajstić information content (AvgIpc) is 2.77. The van der Waals surface area contributed by atoms with Crippen molar-refractivity contribution in [3.05, 3.63) is 59.2 Å². The van der Waals surface area contributed by atoms with Gasteiger partial charge in [0, 0.05) is 18.2 Å². The third-order valence-corrected chi connectivity index (χ3v) is 5.62. The van der Waals surface area contributed by atoms with Crippen LogP contribution in [0.25, 0.3) is 0 Å². The number of Topliss-reactive ketones (excluding diaryl/α,β-unsaturated/α-hetero) is 1. The predicted molar refractivity (Wildman–Crippen MR) is 116 cm³/mol. The van der Waals surface area contributed by atoms with E-state index in [4.69, 9.17) is 9.47 Å². The topological polar surface area (TPSA) is 50.8 Å².